The Morgan fingerprint density at radius 1 is 1.00 bits per heavy atom. The van der Waals surface area contributed by atoms with E-state index in [1.54, 1.807) is 31.5 Å². The summed E-state index contributed by atoms with van der Waals surface area (Å²) in [4.78, 5) is 38.9. The number of benzene rings is 2. The first kappa shape index (κ1) is 22.9. The normalized spacial score (nSPS) is 10.6. The van der Waals surface area contributed by atoms with Crippen LogP contribution in [-0.4, -0.2) is 27.9 Å². The van der Waals surface area contributed by atoms with Gasteiger partial charge in [-0.05, 0) is 43.2 Å². The predicted molar refractivity (Wildman–Crippen MR) is 135 cm³/mol. The number of para-hydroxylation sites is 2. The van der Waals surface area contributed by atoms with Crippen LogP contribution < -0.4 is 15.8 Å². The van der Waals surface area contributed by atoms with Crippen molar-refractivity contribution < 1.29 is 4.79 Å². The third kappa shape index (κ3) is 5.56. The van der Waals surface area contributed by atoms with Crippen LogP contribution in [0.5, 0.6) is 0 Å². The highest BCUT2D eigenvalue weighted by atomic mass is 16.1. The Bertz CT molecular complexity index is 1320. The molecule has 2 aromatic heterocycles. The van der Waals surface area contributed by atoms with E-state index in [1.807, 2.05) is 49.5 Å². The van der Waals surface area contributed by atoms with Gasteiger partial charge >= 0.3 is 0 Å². The van der Waals surface area contributed by atoms with E-state index in [4.69, 9.17) is 0 Å². The third-order valence-electron chi connectivity index (χ3n) is 5.63. The second kappa shape index (κ2) is 10.6. The summed E-state index contributed by atoms with van der Waals surface area (Å²) in [7, 11) is 2.00. The van der Waals surface area contributed by atoms with Crippen molar-refractivity contribution in [2.75, 3.05) is 17.3 Å². The van der Waals surface area contributed by atoms with E-state index in [9.17, 15) is 9.59 Å². The minimum atomic E-state index is -0.227. The Hall–Kier alpha value is -4.26. The van der Waals surface area contributed by atoms with Crippen molar-refractivity contribution in [2.45, 2.75) is 26.3 Å². The number of nitrogens with zero attached hydrogens (tertiary/aromatic N) is 3. The van der Waals surface area contributed by atoms with E-state index in [0.717, 1.165) is 23.5 Å². The zero-order chi connectivity index (χ0) is 23.9. The van der Waals surface area contributed by atoms with Crippen LogP contribution in [0.2, 0.25) is 0 Å². The number of rotatable bonds is 8. The maximum atomic E-state index is 12.8. The van der Waals surface area contributed by atoms with E-state index in [0.29, 0.717) is 23.5 Å². The summed E-state index contributed by atoms with van der Waals surface area (Å²) >= 11 is 0. The molecule has 0 aliphatic heterocycles. The molecule has 7 nitrogen and oxygen atoms in total. The number of carbonyl (C=O) groups excluding carboxylic acids is 1. The zero-order valence-corrected chi connectivity index (χ0v) is 19.3. The number of carbonyl (C=O) groups is 1. The van der Waals surface area contributed by atoms with E-state index < -0.39 is 0 Å². The molecule has 34 heavy (non-hydrogen) atoms. The van der Waals surface area contributed by atoms with Crippen molar-refractivity contribution in [3.05, 3.63) is 106 Å². The lowest BCUT2D eigenvalue weighted by Crippen LogP contribution is -2.22. The molecule has 7 heteroatoms. The summed E-state index contributed by atoms with van der Waals surface area (Å²) in [5.74, 6) is 0.339. The maximum Gasteiger partial charge on any atom is 0.254 e. The molecule has 172 valence electrons. The lowest BCUT2D eigenvalue weighted by Gasteiger charge is -2.23. The van der Waals surface area contributed by atoms with Crippen molar-refractivity contribution >= 4 is 17.3 Å². The van der Waals surface area contributed by atoms with Gasteiger partial charge in [0.05, 0.1) is 11.4 Å². The molecule has 0 saturated heterocycles. The first-order chi connectivity index (χ1) is 16.5. The molecular formula is C27H27N5O2. The van der Waals surface area contributed by atoms with Crippen LogP contribution in [0.3, 0.4) is 0 Å². The highest BCUT2D eigenvalue weighted by Gasteiger charge is 2.14. The summed E-state index contributed by atoms with van der Waals surface area (Å²) in [6, 6.07) is 21.5. The molecule has 0 fully saturated rings. The quantitative estimate of drug-likeness (QED) is 0.414. The average Bonchev–Trinajstić information content (AvgIpc) is 2.85. The van der Waals surface area contributed by atoms with Gasteiger partial charge in [0.2, 0.25) is 5.91 Å². The monoisotopic (exact) mass is 453 g/mol. The molecule has 4 aromatic rings. The van der Waals surface area contributed by atoms with Crippen molar-refractivity contribution in [2.24, 2.45) is 0 Å². The van der Waals surface area contributed by atoms with Gasteiger partial charge in [-0.2, -0.15) is 0 Å². The minimum absolute atomic E-state index is 0.155. The first-order valence-corrected chi connectivity index (χ1v) is 11.2. The van der Waals surface area contributed by atoms with Crippen LogP contribution in [-0.2, 0) is 17.8 Å². The summed E-state index contributed by atoms with van der Waals surface area (Å²) in [6.07, 6.45) is 3.78. The number of hydrogen-bond acceptors (Lipinski definition) is 5. The van der Waals surface area contributed by atoms with Gasteiger partial charge in [-0.15, -0.1) is 0 Å². The number of hydrogen-bond donors (Lipinski definition) is 2. The number of H-pyrrole nitrogens is 1. The second-order valence-corrected chi connectivity index (χ2v) is 8.12. The summed E-state index contributed by atoms with van der Waals surface area (Å²) in [5, 5.41) is 3.00. The molecule has 0 aliphatic carbocycles. The Morgan fingerprint density at radius 2 is 1.71 bits per heavy atom. The van der Waals surface area contributed by atoms with Crippen molar-refractivity contribution in [1.82, 2.24) is 15.0 Å². The molecule has 2 heterocycles. The van der Waals surface area contributed by atoms with Crippen LogP contribution in [0, 0.1) is 6.92 Å². The molecule has 0 saturated carbocycles. The van der Waals surface area contributed by atoms with Gasteiger partial charge in [0.1, 0.15) is 5.82 Å². The fraction of sp³-hybridized carbons (Fsp3) is 0.185. The van der Waals surface area contributed by atoms with Gasteiger partial charge in [0, 0.05) is 49.2 Å². The molecule has 0 unspecified atom stereocenters. The topological polar surface area (TPSA) is 91.0 Å². The van der Waals surface area contributed by atoms with Crippen molar-refractivity contribution in [3.63, 3.8) is 0 Å². The highest BCUT2D eigenvalue weighted by molar-refractivity contribution is 5.94. The Kier molecular flexibility index (Phi) is 7.13. The van der Waals surface area contributed by atoms with Crippen LogP contribution in [0.1, 0.15) is 23.2 Å². The lowest BCUT2D eigenvalue weighted by atomic mass is 10.1. The summed E-state index contributed by atoms with van der Waals surface area (Å²) < 4.78 is 0. The minimum Gasteiger partial charge on any atom is -0.369 e. The molecule has 4 rings (SSSR count). The number of aromatic nitrogens is 3. The maximum absolute atomic E-state index is 12.8. The smallest absolute Gasteiger partial charge is 0.254 e. The Labute approximate surface area is 198 Å². The van der Waals surface area contributed by atoms with E-state index in [2.05, 4.69) is 37.3 Å². The number of anilines is 2. The van der Waals surface area contributed by atoms with E-state index >= 15 is 0 Å². The molecule has 0 spiro atoms. The van der Waals surface area contributed by atoms with Crippen molar-refractivity contribution in [3.8, 4) is 11.4 Å². The van der Waals surface area contributed by atoms with E-state index in [1.165, 1.54) is 5.56 Å². The van der Waals surface area contributed by atoms with Crippen molar-refractivity contribution in [1.29, 1.82) is 0 Å². The molecule has 2 aromatic carbocycles. The summed E-state index contributed by atoms with van der Waals surface area (Å²) in [6.45, 7) is 2.51. The van der Waals surface area contributed by atoms with Crippen LogP contribution >= 0.6 is 0 Å². The number of aromatic amines is 1. The van der Waals surface area contributed by atoms with Gasteiger partial charge in [-0.25, -0.2) is 4.98 Å². The number of aryl methyl sites for hydroxylation is 1. The van der Waals surface area contributed by atoms with Gasteiger partial charge in [0.15, 0.2) is 0 Å². The molecule has 0 atom stereocenters. The van der Waals surface area contributed by atoms with Crippen LogP contribution in [0.25, 0.3) is 11.4 Å². The highest BCUT2D eigenvalue weighted by Crippen LogP contribution is 2.26. The van der Waals surface area contributed by atoms with Gasteiger partial charge < -0.3 is 15.2 Å². The van der Waals surface area contributed by atoms with Crippen LogP contribution in [0.15, 0.2) is 83.9 Å². The molecule has 1 amide bonds. The standard InChI is InChI=1S/C27H27N5O2/c1-19-22(27(34)31-26(29-19)21-14-16-28-17-15-21)12-13-25(33)30-23-10-6-7-11-24(23)32(2)18-20-8-4-3-5-9-20/h3-11,14-17H,12-13,18H2,1-2H3,(H,30,33)(H,29,31,34). The average molecular weight is 454 g/mol. The van der Waals surface area contributed by atoms with Crippen LogP contribution in [0.4, 0.5) is 11.4 Å². The largest absolute Gasteiger partial charge is 0.369 e. The van der Waals surface area contributed by atoms with Gasteiger partial charge in [-0.1, -0.05) is 42.5 Å². The first-order valence-electron chi connectivity index (χ1n) is 11.2. The number of amides is 1. The zero-order valence-electron chi connectivity index (χ0n) is 19.3. The molecule has 0 bridgehead atoms. The SMILES string of the molecule is Cc1nc(-c2ccncc2)[nH]c(=O)c1CCC(=O)Nc1ccccc1N(C)Cc1ccccc1. The third-order valence-corrected chi connectivity index (χ3v) is 5.63. The Morgan fingerprint density at radius 3 is 2.44 bits per heavy atom. The fourth-order valence-electron chi connectivity index (χ4n) is 3.86. The summed E-state index contributed by atoms with van der Waals surface area (Å²) in [5.41, 5.74) is 4.54. The predicted octanol–water partition coefficient (Wildman–Crippen LogP) is 4.35. The van der Waals surface area contributed by atoms with Gasteiger partial charge in [-0.3, -0.25) is 14.6 Å². The molecule has 0 aliphatic rings. The number of nitrogens with one attached hydrogen (secondary N) is 2. The Balaban J connectivity index is 1.43. The molecule has 0 radical (unpaired) electrons. The molecule has 2 N–H and O–H groups in total. The van der Waals surface area contributed by atoms with Gasteiger partial charge in [0.25, 0.3) is 5.56 Å². The second-order valence-electron chi connectivity index (χ2n) is 8.12. The lowest BCUT2D eigenvalue weighted by molar-refractivity contribution is -0.116. The molecular weight excluding hydrogens is 426 g/mol. The number of pyridine rings is 1. The fourth-order valence-corrected chi connectivity index (χ4v) is 3.86. The van der Waals surface area contributed by atoms with E-state index in [-0.39, 0.29) is 17.9 Å².